The summed E-state index contributed by atoms with van der Waals surface area (Å²) in [4.78, 5) is 12.5. The highest BCUT2D eigenvalue weighted by atomic mass is 32.2. The first-order chi connectivity index (χ1) is 12.7. The maximum Gasteiger partial charge on any atom is 0.261 e. The van der Waals surface area contributed by atoms with E-state index in [2.05, 4.69) is 5.32 Å². The number of hydrogen-bond donors (Lipinski definition) is 1. The summed E-state index contributed by atoms with van der Waals surface area (Å²) >= 11 is 0. The van der Waals surface area contributed by atoms with Gasteiger partial charge in [0.25, 0.3) is 5.91 Å². The van der Waals surface area contributed by atoms with Gasteiger partial charge in [0.05, 0.1) is 18.0 Å². The normalized spacial score (nSPS) is 13.5. The molecule has 0 radical (unpaired) electrons. The third-order valence-electron chi connectivity index (χ3n) is 4.30. The minimum absolute atomic E-state index is 0.123. The Kier molecular flexibility index (Phi) is 6.85. The van der Waals surface area contributed by atoms with E-state index >= 15 is 0 Å². The van der Waals surface area contributed by atoms with Gasteiger partial charge in [-0.25, -0.2) is 8.42 Å². The van der Waals surface area contributed by atoms with Gasteiger partial charge in [-0.15, -0.1) is 0 Å². The zero-order chi connectivity index (χ0) is 20.0. The molecular formula is C20H26N2O4S. The molecule has 0 saturated carbocycles. The summed E-state index contributed by atoms with van der Waals surface area (Å²) in [5, 5.41) is 2.97. The molecule has 0 bridgehead atoms. The third kappa shape index (κ3) is 5.72. The number of carbonyl (C=O) groups is 1. The van der Waals surface area contributed by atoms with Gasteiger partial charge in [0, 0.05) is 7.05 Å². The van der Waals surface area contributed by atoms with Crippen LogP contribution in [-0.4, -0.2) is 33.7 Å². The van der Waals surface area contributed by atoms with E-state index in [1.165, 1.54) is 11.4 Å². The number of hydrogen-bond acceptors (Lipinski definition) is 4. The van der Waals surface area contributed by atoms with Crippen LogP contribution in [0.15, 0.2) is 54.6 Å². The van der Waals surface area contributed by atoms with E-state index in [0.717, 1.165) is 11.8 Å². The Morgan fingerprint density at radius 3 is 2.22 bits per heavy atom. The van der Waals surface area contributed by atoms with Gasteiger partial charge in [0.2, 0.25) is 10.0 Å². The van der Waals surface area contributed by atoms with Crippen LogP contribution < -0.4 is 14.4 Å². The van der Waals surface area contributed by atoms with Gasteiger partial charge in [-0.2, -0.15) is 0 Å². The standard InChI is InChI=1S/C20H26N2O4S/c1-5-19(20(23)21-15(2)16-9-7-6-8-10-16)26-18-13-11-17(12-14-18)22(3)27(4,24)25/h6-15,19H,5H2,1-4H3,(H,21,23)/t15-,19+/m1/s1. The average molecular weight is 391 g/mol. The third-order valence-corrected chi connectivity index (χ3v) is 5.50. The van der Waals surface area contributed by atoms with E-state index in [4.69, 9.17) is 4.74 Å². The van der Waals surface area contributed by atoms with Crippen molar-refractivity contribution in [1.29, 1.82) is 0 Å². The second-order valence-corrected chi connectivity index (χ2v) is 8.39. The number of anilines is 1. The summed E-state index contributed by atoms with van der Waals surface area (Å²) in [6.07, 6.45) is 1.02. The van der Waals surface area contributed by atoms with E-state index in [1.54, 1.807) is 24.3 Å². The molecule has 2 atom stereocenters. The van der Waals surface area contributed by atoms with Gasteiger partial charge >= 0.3 is 0 Å². The molecule has 27 heavy (non-hydrogen) atoms. The summed E-state index contributed by atoms with van der Waals surface area (Å²) < 4.78 is 30.2. The second-order valence-electron chi connectivity index (χ2n) is 6.38. The molecule has 2 aromatic rings. The van der Waals surface area contributed by atoms with Gasteiger partial charge in [-0.1, -0.05) is 37.3 Å². The number of ether oxygens (including phenoxy) is 1. The number of carbonyl (C=O) groups excluding carboxylic acids is 1. The van der Waals surface area contributed by atoms with Crippen LogP contribution in [0.1, 0.15) is 31.9 Å². The van der Waals surface area contributed by atoms with E-state index < -0.39 is 16.1 Å². The lowest BCUT2D eigenvalue weighted by Gasteiger charge is -2.21. The van der Waals surface area contributed by atoms with Crippen molar-refractivity contribution in [2.75, 3.05) is 17.6 Å². The number of rotatable bonds is 8. The highest BCUT2D eigenvalue weighted by Gasteiger charge is 2.21. The monoisotopic (exact) mass is 390 g/mol. The molecule has 146 valence electrons. The van der Waals surface area contributed by atoms with Gasteiger partial charge in [-0.3, -0.25) is 9.10 Å². The molecule has 1 N–H and O–H groups in total. The van der Waals surface area contributed by atoms with Crippen molar-refractivity contribution < 1.29 is 17.9 Å². The summed E-state index contributed by atoms with van der Waals surface area (Å²) in [5.74, 6) is 0.321. The molecule has 6 nitrogen and oxygen atoms in total. The zero-order valence-electron chi connectivity index (χ0n) is 16.0. The zero-order valence-corrected chi connectivity index (χ0v) is 16.9. The Morgan fingerprint density at radius 1 is 1.11 bits per heavy atom. The Labute approximate surface area is 161 Å². The molecule has 0 fully saturated rings. The molecule has 0 heterocycles. The number of benzene rings is 2. The molecule has 0 aliphatic rings. The van der Waals surface area contributed by atoms with Crippen LogP contribution in [0.25, 0.3) is 0 Å². The van der Waals surface area contributed by atoms with E-state index in [-0.39, 0.29) is 11.9 Å². The highest BCUT2D eigenvalue weighted by Crippen LogP contribution is 2.22. The molecule has 0 aliphatic heterocycles. The van der Waals surface area contributed by atoms with E-state index in [9.17, 15) is 13.2 Å². The predicted octanol–water partition coefficient (Wildman–Crippen LogP) is 3.12. The molecule has 0 aliphatic carbocycles. The van der Waals surface area contributed by atoms with Gasteiger partial charge < -0.3 is 10.1 Å². The summed E-state index contributed by atoms with van der Waals surface area (Å²) in [6, 6.07) is 16.2. The highest BCUT2D eigenvalue weighted by molar-refractivity contribution is 7.92. The van der Waals surface area contributed by atoms with Gasteiger partial charge in [0.15, 0.2) is 6.10 Å². The maximum atomic E-state index is 12.5. The first-order valence-electron chi connectivity index (χ1n) is 8.78. The van der Waals surface area contributed by atoms with Gasteiger partial charge in [-0.05, 0) is 43.2 Å². The van der Waals surface area contributed by atoms with Crippen LogP contribution in [0, 0.1) is 0 Å². The lowest BCUT2D eigenvalue weighted by molar-refractivity contribution is -0.128. The Morgan fingerprint density at radius 2 is 1.70 bits per heavy atom. The maximum absolute atomic E-state index is 12.5. The van der Waals surface area contributed by atoms with Crippen LogP contribution in [0.3, 0.4) is 0 Å². The molecule has 7 heteroatoms. The fourth-order valence-corrected chi connectivity index (χ4v) is 3.05. The number of nitrogens with zero attached hydrogens (tertiary/aromatic N) is 1. The van der Waals surface area contributed by atoms with Crippen LogP contribution in [0.2, 0.25) is 0 Å². The Balaban J connectivity index is 2.02. The molecule has 2 rings (SSSR count). The SMILES string of the molecule is CC[C@H](Oc1ccc(N(C)S(C)(=O)=O)cc1)C(=O)N[C@H](C)c1ccccc1. The lowest BCUT2D eigenvalue weighted by atomic mass is 10.1. The van der Waals surface area contributed by atoms with Crippen LogP contribution in [0.4, 0.5) is 5.69 Å². The van der Waals surface area contributed by atoms with Crippen molar-refractivity contribution in [2.45, 2.75) is 32.4 Å². The van der Waals surface area contributed by atoms with Crippen molar-refractivity contribution in [1.82, 2.24) is 5.32 Å². The molecular weight excluding hydrogens is 364 g/mol. The Hall–Kier alpha value is -2.54. The summed E-state index contributed by atoms with van der Waals surface area (Å²) in [5.41, 5.74) is 1.55. The predicted molar refractivity (Wildman–Crippen MR) is 107 cm³/mol. The van der Waals surface area contributed by atoms with Crippen LogP contribution >= 0.6 is 0 Å². The second kappa shape index (κ2) is 8.90. The Bertz CT molecular complexity index is 851. The smallest absolute Gasteiger partial charge is 0.261 e. The fourth-order valence-electron chi connectivity index (χ4n) is 2.54. The molecule has 0 unspecified atom stereocenters. The molecule has 1 amide bonds. The number of sulfonamides is 1. The van der Waals surface area contributed by atoms with E-state index in [1.807, 2.05) is 44.2 Å². The summed E-state index contributed by atoms with van der Waals surface area (Å²) in [7, 11) is -1.84. The minimum Gasteiger partial charge on any atom is -0.481 e. The van der Waals surface area contributed by atoms with Gasteiger partial charge in [0.1, 0.15) is 5.75 Å². The van der Waals surface area contributed by atoms with Crippen molar-refractivity contribution in [3.05, 3.63) is 60.2 Å². The van der Waals surface area contributed by atoms with Crippen LogP contribution in [-0.2, 0) is 14.8 Å². The van der Waals surface area contributed by atoms with Crippen molar-refractivity contribution in [3.63, 3.8) is 0 Å². The van der Waals surface area contributed by atoms with Crippen LogP contribution in [0.5, 0.6) is 5.75 Å². The molecule has 0 aromatic heterocycles. The quantitative estimate of drug-likeness (QED) is 0.751. The number of nitrogens with one attached hydrogen (secondary N) is 1. The minimum atomic E-state index is -3.32. The first-order valence-corrected chi connectivity index (χ1v) is 10.6. The summed E-state index contributed by atoms with van der Waals surface area (Å²) in [6.45, 7) is 3.80. The lowest BCUT2D eigenvalue weighted by Crippen LogP contribution is -2.39. The first kappa shape index (κ1) is 20.8. The number of amides is 1. The molecule has 0 spiro atoms. The largest absolute Gasteiger partial charge is 0.481 e. The topological polar surface area (TPSA) is 75.7 Å². The van der Waals surface area contributed by atoms with Crippen molar-refractivity contribution in [3.8, 4) is 5.75 Å². The fraction of sp³-hybridized carbons (Fsp3) is 0.350. The van der Waals surface area contributed by atoms with Crippen molar-refractivity contribution >= 4 is 21.6 Å². The van der Waals surface area contributed by atoms with Crippen molar-refractivity contribution in [2.24, 2.45) is 0 Å². The molecule has 2 aromatic carbocycles. The molecule has 0 saturated heterocycles. The average Bonchev–Trinajstić information content (AvgIpc) is 2.65. The van der Waals surface area contributed by atoms with E-state index in [0.29, 0.717) is 17.9 Å².